The maximum absolute atomic E-state index is 5.78. The van der Waals surface area contributed by atoms with Crippen molar-refractivity contribution in [3.8, 4) is 0 Å². The quantitative estimate of drug-likeness (QED) is 0.587. The molecule has 2 N–H and O–H groups in total. The first-order valence-electron chi connectivity index (χ1n) is 3.54. The number of halogens is 2. The standard InChI is InChI=1S/C8H5BrIN3/c9-4-3-5(11)6(10)8-7(4)12-1-2-13-8/h1-3H,11H2. The van der Waals surface area contributed by atoms with Crippen LogP contribution in [0.15, 0.2) is 22.9 Å². The van der Waals surface area contributed by atoms with Gasteiger partial charge in [0.15, 0.2) is 0 Å². The second kappa shape index (κ2) is 3.38. The van der Waals surface area contributed by atoms with Gasteiger partial charge in [0.2, 0.25) is 0 Å². The normalized spacial score (nSPS) is 10.6. The van der Waals surface area contributed by atoms with Gasteiger partial charge in [-0.25, -0.2) is 0 Å². The van der Waals surface area contributed by atoms with Gasteiger partial charge < -0.3 is 5.73 Å². The van der Waals surface area contributed by atoms with Crippen molar-refractivity contribution < 1.29 is 0 Å². The largest absolute Gasteiger partial charge is 0.398 e. The molecule has 1 aromatic carbocycles. The van der Waals surface area contributed by atoms with Crippen molar-refractivity contribution in [1.29, 1.82) is 0 Å². The lowest BCUT2D eigenvalue weighted by Crippen LogP contribution is -1.94. The number of hydrogen-bond acceptors (Lipinski definition) is 3. The third kappa shape index (κ3) is 1.50. The highest BCUT2D eigenvalue weighted by Crippen LogP contribution is 2.29. The minimum absolute atomic E-state index is 0.723. The highest BCUT2D eigenvalue weighted by molar-refractivity contribution is 14.1. The Bertz CT molecular complexity index is 472. The second-order valence-electron chi connectivity index (χ2n) is 2.52. The summed E-state index contributed by atoms with van der Waals surface area (Å²) in [6.45, 7) is 0. The van der Waals surface area contributed by atoms with Crippen LogP contribution in [0.2, 0.25) is 0 Å². The van der Waals surface area contributed by atoms with E-state index in [4.69, 9.17) is 5.73 Å². The van der Waals surface area contributed by atoms with E-state index in [1.807, 2.05) is 6.07 Å². The number of anilines is 1. The van der Waals surface area contributed by atoms with Gasteiger partial charge in [-0.05, 0) is 44.6 Å². The maximum Gasteiger partial charge on any atom is 0.105 e. The Morgan fingerprint density at radius 2 is 1.85 bits per heavy atom. The maximum atomic E-state index is 5.78. The van der Waals surface area contributed by atoms with E-state index in [0.717, 1.165) is 24.8 Å². The van der Waals surface area contributed by atoms with Crippen LogP contribution in [0, 0.1) is 3.57 Å². The summed E-state index contributed by atoms with van der Waals surface area (Å²) in [5.41, 5.74) is 8.19. The van der Waals surface area contributed by atoms with Crippen molar-refractivity contribution in [2.45, 2.75) is 0 Å². The molecule has 3 nitrogen and oxygen atoms in total. The zero-order valence-electron chi connectivity index (χ0n) is 6.46. The van der Waals surface area contributed by atoms with Gasteiger partial charge in [-0.1, -0.05) is 0 Å². The van der Waals surface area contributed by atoms with Crippen molar-refractivity contribution in [2.75, 3.05) is 5.73 Å². The number of nitrogens with two attached hydrogens (primary N) is 1. The third-order valence-electron chi connectivity index (χ3n) is 1.67. The summed E-state index contributed by atoms with van der Waals surface area (Å²) in [5.74, 6) is 0. The van der Waals surface area contributed by atoms with Crippen LogP contribution in [0.4, 0.5) is 5.69 Å². The molecule has 2 aromatic rings. The highest BCUT2D eigenvalue weighted by atomic mass is 127. The van der Waals surface area contributed by atoms with Gasteiger partial charge >= 0.3 is 0 Å². The Labute approximate surface area is 97.0 Å². The van der Waals surface area contributed by atoms with Gasteiger partial charge in [-0.2, -0.15) is 0 Å². The predicted octanol–water partition coefficient (Wildman–Crippen LogP) is 2.58. The van der Waals surface area contributed by atoms with Gasteiger partial charge in [-0.15, -0.1) is 0 Å². The summed E-state index contributed by atoms with van der Waals surface area (Å²) < 4.78 is 1.83. The average Bonchev–Trinajstić information content (AvgIpc) is 2.15. The number of rotatable bonds is 0. The minimum atomic E-state index is 0.723. The zero-order chi connectivity index (χ0) is 9.42. The van der Waals surface area contributed by atoms with Crippen LogP contribution in [-0.4, -0.2) is 9.97 Å². The molecule has 66 valence electrons. The smallest absolute Gasteiger partial charge is 0.105 e. The molecular formula is C8H5BrIN3. The molecule has 1 heterocycles. The molecule has 5 heteroatoms. The van der Waals surface area contributed by atoms with E-state index in [1.54, 1.807) is 12.4 Å². The fraction of sp³-hybridized carbons (Fsp3) is 0. The van der Waals surface area contributed by atoms with Crippen molar-refractivity contribution in [3.05, 3.63) is 26.5 Å². The van der Waals surface area contributed by atoms with E-state index in [-0.39, 0.29) is 0 Å². The highest BCUT2D eigenvalue weighted by Gasteiger charge is 2.07. The molecule has 0 aliphatic carbocycles. The number of hydrogen-bond donors (Lipinski definition) is 1. The molecule has 0 unspecified atom stereocenters. The number of fused-ring (bicyclic) bond motifs is 1. The Morgan fingerprint density at radius 3 is 2.54 bits per heavy atom. The first-order chi connectivity index (χ1) is 6.20. The molecule has 0 bridgehead atoms. The van der Waals surface area contributed by atoms with Crippen LogP contribution in [0.3, 0.4) is 0 Å². The lowest BCUT2D eigenvalue weighted by atomic mass is 10.3. The first-order valence-corrected chi connectivity index (χ1v) is 5.41. The topological polar surface area (TPSA) is 51.8 Å². The van der Waals surface area contributed by atoms with Crippen LogP contribution in [0.25, 0.3) is 11.0 Å². The van der Waals surface area contributed by atoms with Crippen molar-refractivity contribution in [1.82, 2.24) is 9.97 Å². The average molecular weight is 350 g/mol. The van der Waals surface area contributed by atoms with Crippen LogP contribution >= 0.6 is 38.5 Å². The first kappa shape index (κ1) is 9.14. The Balaban J connectivity index is 2.97. The van der Waals surface area contributed by atoms with Crippen molar-refractivity contribution in [3.63, 3.8) is 0 Å². The lowest BCUT2D eigenvalue weighted by molar-refractivity contribution is 1.28. The fourth-order valence-corrected chi connectivity index (χ4v) is 2.17. The summed E-state index contributed by atoms with van der Waals surface area (Å²) >= 11 is 5.57. The molecule has 0 radical (unpaired) electrons. The number of nitrogens with zero attached hydrogens (tertiary/aromatic N) is 2. The van der Waals surface area contributed by atoms with E-state index >= 15 is 0 Å². The molecule has 0 aliphatic rings. The van der Waals surface area contributed by atoms with Crippen molar-refractivity contribution in [2.24, 2.45) is 0 Å². The Morgan fingerprint density at radius 1 is 1.23 bits per heavy atom. The SMILES string of the molecule is Nc1cc(Br)c2nccnc2c1I. The number of benzene rings is 1. The summed E-state index contributed by atoms with van der Waals surface area (Å²) in [6, 6.07) is 1.85. The summed E-state index contributed by atoms with van der Waals surface area (Å²) in [4.78, 5) is 8.44. The van der Waals surface area contributed by atoms with Crippen LogP contribution in [-0.2, 0) is 0 Å². The van der Waals surface area contributed by atoms with Crippen LogP contribution in [0.1, 0.15) is 0 Å². The van der Waals surface area contributed by atoms with Gasteiger partial charge in [-0.3, -0.25) is 9.97 Å². The monoisotopic (exact) mass is 349 g/mol. The van der Waals surface area contributed by atoms with Gasteiger partial charge in [0.05, 0.1) is 3.57 Å². The molecule has 0 spiro atoms. The van der Waals surface area contributed by atoms with Gasteiger partial charge in [0, 0.05) is 22.6 Å². The predicted molar refractivity (Wildman–Crippen MR) is 64.4 cm³/mol. The summed E-state index contributed by atoms with van der Waals surface area (Å²) in [5, 5.41) is 0. The zero-order valence-corrected chi connectivity index (χ0v) is 10.2. The lowest BCUT2D eigenvalue weighted by Gasteiger charge is -2.03. The molecule has 0 atom stereocenters. The molecule has 2 rings (SSSR count). The van der Waals surface area contributed by atoms with Crippen LogP contribution in [0.5, 0.6) is 0 Å². The summed E-state index contributed by atoms with van der Waals surface area (Å²) in [7, 11) is 0. The van der Waals surface area contributed by atoms with Gasteiger partial charge in [0.25, 0.3) is 0 Å². The molecule has 0 amide bonds. The van der Waals surface area contributed by atoms with Gasteiger partial charge in [0.1, 0.15) is 11.0 Å². The van der Waals surface area contributed by atoms with Crippen LogP contribution < -0.4 is 5.73 Å². The van der Waals surface area contributed by atoms with Crippen molar-refractivity contribution >= 4 is 55.2 Å². The molecule has 0 aliphatic heterocycles. The van der Waals surface area contributed by atoms with E-state index in [2.05, 4.69) is 48.5 Å². The minimum Gasteiger partial charge on any atom is -0.398 e. The van der Waals surface area contributed by atoms with E-state index in [9.17, 15) is 0 Å². The Hall–Kier alpha value is -0.430. The molecule has 13 heavy (non-hydrogen) atoms. The molecule has 1 aromatic heterocycles. The Kier molecular flexibility index (Phi) is 2.37. The fourth-order valence-electron chi connectivity index (χ4n) is 1.08. The number of aromatic nitrogens is 2. The summed E-state index contributed by atoms with van der Waals surface area (Å²) in [6.07, 6.45) is 3.33. The second-order valence-corrected chi connectivity index (χ2v) is 4.45. The molecule has 0 fully saturated rings. The molecular weight excluding hydrogens is 345 g/mol. The molecule has 0 saturated heterocycles. The number of nitrogen functional groups attached to an aromatic ring is 1. The third-order valence-corrected chi connectivity index (χ3v) is 3.41. The van der Waals surface area contributed by atoms with E-state index in [0.29, 0.717) is 0 Å². The molecule has 0 saturated carbocycles. The van der Waals surface area contributed by atoms with E-state index < -0.39 is 0 Å². The van der Waals surface area contributed by atoms with E-state index in [1.165, 1.54) is 0 Å².